The predicted octanol–water partition coefficient (Wildman–Crippen LogP) is -0.0219. The minimum absolute atomic E-state index is 0.212. The number of H-pyrrole nitrogens is 1. The number of pyridine rings is 1. The van der Waals surface area contributed by atoms with E-state index in [-0.39, 0.29) is 38.4 Å². The number of aromatic nitrogens is 5. The van der Waals surface area contributed by atoms with Gasteiger partial charge in [-0.3, -0.25) is 0 Å². The lowest BCUT2D eigenvalue weighted by Gasteiger charge is -2.15. The Morgan fingerprint density at radius 1 is 1.25 bits per heavy atom. The molecule has 0 aliphatic carbocycles. The first-order valence-corrected chi connectivity index (χ1v) is 12.2. The van der Waals surface area contributed by atoms with E-state index in [4.69, 9.17) is 25.8 Å². The van der Waals surface area contributed by atoms with Crippen molar-refractivity contribution in [3.63, 3.8) is 0 Å². The number of aliphatic hydroxyl groups excluding tert-OH is 1. The van der Waals surface area contributed by atoms with E-state index in [1.807, 2.05) is 0 Å². The van der Waals surface area contributed by atoms with Crippen LogP contribution in [0.2, 0.25) is 5.02 Å². The molecule has 4 atom stereocenters. The molecule has 3 aliphatic rings. The lowest BCUT2D eigenvalue weighted by Crippen LogP contribution is -2.34. The van der Waals surface area contributed by atoms with Crippen molar-refractivity contribution < 1.29 is 27.7 Å². The van der Waals surface area contributed by atoms with E-state index in [0.29, 0.717) is 27.7 Å². The van der Waals surface area contributed by atoms with Gasteiger partial charge in [-0.15, -0.1) is 0 Å². The van der Waals surface area contributed by atoms with Gasteiger partial charge in [0.1, 0.15) is 18.3 Å². The highest BCUT2D eigenvalue weighted by molar-refractivity contribution is 7.88. The average Bonchev–Trinajstić information content (AvgIpc) is 3.49. The molecule has 12 nitrogen and oxygen atoms in total. The summed E-state index contributed by atoms with van der Waals surface area (Å²) in [5.41, 5.74) is 2.43. The van der Waals surface area contributed by atoms with Gasteiger partial charge in [-0.05, 0) is 6.07 Å². The van der Waals surface area contributed by atoms with Crippen LogP contribution in [0, 0.1) is 0 Å². The van der Waals surface area contributed by atoms with Crippen molar-refractivity contribution in [1.82, 2.24) is 29.0 Å². The molecule has 32 heavy (non-hydrogen) atoms. The molecule has 0 amide bonds. The number of aliphatic hydroxyl groups is 1. The molecular weight excluding hydrogens is 464 g/mol. The van der Waals surface area contributed by atoms with Gasteiger partial charge in [0, 0.05) is 18.3 Å². The molecule has 0 spiro atoms. The average molecular weight is 483 g/mol. The molecule has 170 valence electrons. The first kappa shape index (κ1) is 20.3. The number of aromatic amines is 1. The molecule has 0 saturated carbocycles. The number of hydrogen-bond acceptors (Lipinski definition) is 9. The molecule has 0 bridgehead atoms. The van der Waals surface area contributed by atoms with Crippen LogP contribution in [0.15, 0.2) is 12.3 Å². The van der Waals surface area contributed by atoms with Crippen molar-refractivity contribution in [3.8, 4) is 11.8 Å². The van der Waals surface area contributed by atoms with Crippen LogP contribution in [0.3, 0.4) is 0 Å². The number of nitrogens with one attached hydrogen (secondary N) is 1. The third kappa shape index (κ3) is 3.27. The quantitative estimate of drug-likeness (QED) is 0.523. The monoisotopic (exact) mass is 482 g/mol. The van der Waals surface area contributed by atoms with E-state index in [2.05, 4.69) is 20.1 Å². The van der Waals surface area contributed by atoms with Gasteiger partial charge in [-0.1, -0.05) is 11.6 Å². The lowest BCUT2D eigenvalue weighted by molar-refractivity contribution is 0.00706. The first-order chi connectivity index (χ1) is 15.3. The third-order valence-corrected chi connectivity index (χ3v) is 7.34. The highest BCUT2D eigenvalue weighted by atomic mass is 35.5. The molecule has 3 aromatic heterocycles. The topological polar surface area (TPSA) is 145 Å². The fraction of sp³-hybridized carbons (Fsp3) is 0.500. The first-order valence-electron chi connectivity index (χ1n) is 9.93. The molecule has 6 rings (SSSR count). The number of sulfonamides is 1. The molecule has 0 radical (unpaired) electrons. The zero-order chi connectivity index (χ0) is 22.2. The zero-order valence-corrected chi connectivity index (χ0v) is 18.4. The Kier molecular flexibility index (Phi) is 4.51. The van der Waals surface area contributed by atoms with Crippen molar-refractivity contribution in [2.24, 2.45) is 0 Å². The van der Waals surface area contributed by atoms with Crippen LogP contribution >= 0.6 is 11.6 Å². The maximum atomic E-state index is 11.8. The van der Waals surface area contributed by atoms with Gasteiger partial charge < -0.3 is 24.3 Å². The van der Waals surface area contributed by atoms with Gasteiger partial charge in [0.15, 0.2) is 17.6 Å². The maximum Gasteiger partial charge on any atom is 0.296 e. The van der Waals surface area contributed by atoms with Gasteiger partial charge in [-0.25, -0.2) is 18.1 Å². The van der Waals surface area contributed by atoms with E-state index in [1.165, 1.54) is 15.2 Å². The number of rotatable bonds is 4. The number of halogens is 1. The van der Waals surface area contributed by atoms with E-state index >= 15 is 0 Å². The molecule has 2 N–H and O–H groups in total. The molecular formula is C18H19ClN6O6S. The van der Waals surface area contributed by atoms with Gasteiger partial charge in [0.05, 0.1) is 42.2 Å². The van der Waals surface area contributed by atoms with Crippen LogP contribution < -0.4 is 4.74 Å². The highest BCUT2D eigenvalue weighted by Crippen LogP contribution is 2.31. The Labute approximate surface area is 187 Å². The van der Waals surface area contributed by atoms with Gasteiger partial charge in [-0.2, -0.15) is 14.4 Å². The van der Waals surface area contributed by atoms with Gasteiger partial charge >= 0.3 is 0 Å². The van der Waals surface area contributed by atoms with Crippen LogP contribution in [0.4, 0.5) is 0 Å². The van der Waals surface area contributed by atoms with Crippen LogP contribution in [0.25, 0.3) is 17.0 Å². The number of nitrogens with zero attached hydrogens (tertiary/aromatic N) is 5. The molecule has 2 fully saturated rings. The Hall–Kier alpha value is -2.29. The summed E-state index contributed by atoms with van der Waals surface area (Å²) in [5.74, 6) is 0.379. The SMILES string of the molecule is CS(=O)(=O)N1Cc2cn(-c3nc4nc(OC5COC6C(O)COC56)[nH]c4cc3Cl)nc2C1. The molecule has 14 heteroatoms. The van der Waals surface area contributed by atoms with Gasteiger partial charge in [0.2, 0.25) is 10.0 Å². The fourth-order valence-electron chi connectivity index (χ4n) is 4.26. The fourth-order valence-corrected chi connectivity index (χ4v) is 5.23. The number of ether oxygens (including phenoxy) is 3. The van der Waals surface area contributed by atoms with E-state index in [9.17, 15) is 13.5 Å². The number of hydrogen-bond donors (Lipinski definition) is 2. The summed E-state index contributed by atoms with van der Waals surface area (Å²) in [6, 6.07) is 1.92. The van der Waals surface area contributed by atoms with Crippen LogP contribution in [0.5, 0.6) is 6.01 Å². The molecule has 4 unspecified atom stereocenters. The van der Waals surface area contributed by atoms with Crippen LogP contribution in [0.1, 0.15) is 11.3 Å². The van der Waals surface area contributed by atoms with Crippen LogP contribution in [-0.2, 0) is 32.6 Å². The smallest absolute Gasteiger partial charge is 0.296 e. The second-order valence-corrected chi connectivity index (χ2v) is 10.5. The zero-order valence-electron chi connectivity index (χ0n) is 16.8. The largest absolute Gasteiger partial charge is 0.456 e. The van der Waals surface area contributed by atoms with Crippen LogP contribution in [-0.4, -0.2) is 86.4 Å². The van der Waals surface area contributed by atoms with Crippen molar-refractivity contribution in [2.45, 2.75) is 37.5 Å². The Balaban J connectivity index is 1.26. The van der Waals surface area contributed by atoms with Crippen molar-refractivity contribution in [1.29, 1.82) is 0 Å². The minimum atomic E-state index is -3.29. The Morgan fingerprint density at radius 2 is 2.06 bits per heavy atom. The molecule has 0 aromatic carbocycles. The second-order valence-electron chi connectivity index (χ2n) is 8.10. The summed E-state index contributed by atoms with van der Waals surface area (Å²) < 4.78 is 43.5. The summed E-state index contributed by atoms with van der Waals surface area (Å²) >= 11 is 6.44. The number of imidazole rings is 1. The predicted molar refractivity (Wildman–Crippen MR) is 110 cm³/mol. The molecule has 3 aromatic rings. The lowest BCUT2D eigenvalue weighted by atomic mass is 10.1. The molecule has 2 saturated heterocycles. The molecule has 3 aliphatic heterocycles. The summed E-state index contributed by atoms with van der Waals surface area (Å²) in [5, 5.41) is 14.7. The molecule has 6 heterocycles. The summed E-state index contributed by atoms with van der Waals surface area (Å²) in [4.78, 5) is 11.9. The number of fused-ring (bicyclic) bond motifs is 3. The van der Waals surface area contributed by atoms with E-state index in [1.54, 1.807) is 12.3 Å². The van der Waals surface area contributed by atoms with E-state index < -0.39 is 28.3 Å². The Bertz CT molecular complexity index is 1300. The third-order valence-electron chi connectivity index (χ3n) is 5.87. The minimum Gasteiger partial charge on any atom is -0.456 e. The maximum absolute atomic E-state index is 11.8. The summed E-state index contributed by atoms with van der Waals surface area (Å²) in [7, 11) is -3.29. The van der Waals surface area contributed by atoms with E-state index in [0.717, 1.165) is 5.56 Å². The van der Waals surface area contributed by atoms with Crippen molar-refractivity contribution in [2.75, 3.05) is 19.5 Å². The second kappa shape index (κ2) is 7.10. The summed E-state index contributed by atoms with van der Waals surface area (Å²) in [6.07, 6.45) is 1.08. The van der Waals surface area contributed by atoms with Crippen molar-refractivity contribution >= 4 is 32.8 Å². The summed E-state index contributed by atoms with van der Waals surface area (Å²) in [6.45, 7) is 0.971. The normalized spacial score (nSPS) is 27.8. The Morgan fingerprint density at radius 3 is 2.84 bits per heavy atom. The standard InChI is InChI=1S/C18H19ClN6O6S/c1-32(27,28)24-3-8-4-25(23-11(8)5-24)17-9(19)2-10-16(21-17)22-18(20-10)31-13-7-30-14-12(26)6-29-15(13)14/h2,4,12-15,26H,3,5-7H2,1H3,(H,20,21,22). The van der Waals surface area contributed by atoms with Crippen molar-refractivity contribution in [3.05, 3.63) is 28.5 Å². The highest BCUT2D eigenvalue weighted by Gasteiger charge is 2.48. The van der Waals surface area contributed by atoms with Gasteiger partial charge in [0.25, 0.3) is 6.01 Å².